The standard InChI is InChI=1S/C14H20N2O3/c1-4-15-14(18)9-16(2)8-12-7-11(10-17)5-6-13(12)19-3/h5-7,10H,4,8-9H2,1-3H3,(H,15,18). The van der Waals surface area contributed by atoms with Gasteiger partial charge in [0.25, 0.3) is 0 Å². The van der Waals surface area contributed by atoms with E-state index >= 15 is 0 Å². The van der Waals surface area contributed by atoms with Gasteiger partial charge in [-0.1, -0.05) is 0 Å². The third-order valence-electron chi connectivity index (χ3n) is 2.67. The third-order valence-corrected chi connectivity index (χ3v) is 2.67. The molecule has 1 amide bonds. The molecule has 0 aromatic heterocycles. The molecule has 0 radical (unpaired) electrons. The summed E-state index contributed by atoms with van der Waals surface area (Å²) < 4.78 is 5.26. The molecule has 1 aromatic carbocycles. The Hall–Kier alpha value is -1.88. The lowest BCUT2D eigenvalue weighted by atomic mass is 10.1. The number of rotatable bonds is 7. The van der Waals surface area contributed by atoms with Crippen LogP contribution in [0.25, 0.3) is 0 Å². The van der Waals surface area contributed by atoms with E-state index < -0.39 is 0 Å². The minimum Gasteiger partial charge on any atom is -0.496 e. The molecule has 0 bridgehead atoms. The van der Waals surface area contributed by atoms with Gasteiger partial charge in [-0.25, -0.2) is 0 Å². The number of likely N-dealkylation sites (N-methyl/N-ethyl adjacent to an activating group) is 2. The van der Waals surface area contributed by atoms with Gasteiger partial charge in [0.1, 0.15) is 12.0 Å². The molecule has 0 aliphatic heterocycles. The zero-order valence-electron chi connectivity index (χ0n) is 11.6. The molecule has 19 heavy (non-hydrogen) atoms. The summed E-state index contributed by atoms with van der Waals surface area (Å²) in [6, 6.07) is 5.25. The van der Waals surface area contributed by atoms with Crippen LogP contribution in [0.15, 0.2) is 18.2 Å². The van der Waals surface area contributed by atoms with E-state index in [1.54, 1.807) is 25.3 Å². The van der Waals surface area contributed by atoms with Crippen molar-refractivity contribution in [1.82, 2.24) is 10.2 Å². The van der Waals surface area contributed by atoms with Crippen LogP contribution in [-0.2, 0) is 11.3 Å². The van der Waals surface area contributed by atoms with Gasteiger partial charge in [-0.15, -0.1) is 0 Å². The fourth-order valence-electron chi connectivity index (χ4n) is 1.84. The summed E-state index contributed by atoms with van der Waals surface area (Å²) in [7, 11) is 3.44. The number of amides is 1. The molecular weight excluding hydrogens is 244 g/mol. The maximum Gasteiger partial charge on any atom is 0.234 e. The minimum absolute atomic E-state index is 0.0180. The summed E-state index contributed by atoms with van der Waals surface area (Å²) in [6.45, 7) is 3.36. The van der Waals surface area contributed by atoms with Gasteiger partial charge in [-0.2, -0.15) is 0 Å². The first-order valence-corrected chi connectivity index (χ1v) is 6.18. The number of carbonyl (C=O) groups excluding carboxylic acids is 2. The Labute approximate surface area is 113 Å². The highest BCUT2D eigenvalue weighted by Crippen LogP contribution is 2.20. The molecule has 0 unspecified atom stereocenters. The Morgan fingerprint density at radius 2 is 2.21 bits per heavy atom. The van der Waals surface area contributed by atoms with E-state index in [0.717, 1.165) is 11.8 Å². The van der Waals surface area contributed by atoms with Crippen molar-refractivity contribution in [1.29, 1.82) is 0 Å². The van der Waals surface area contributed by atoms with Crippen LogP contribution in [0.1, 0.15) is 22.8 Å². The van der Waals surface area contributed by atoms with Crippen molar-refractivity contribution in [3.8, 4) is 5.75 Å². The monoisotopic (exact) mass is 264 g/mol. The molecule has 0 saturated carbocycles. The second-order valence-electron chi connectivity index (χ2n) is 4.31. The fourth-order valence-corrected chi connectivity index (χ4v) is 1.84. The molecule has 0 atom stereocenters. The van der Waals surface area contributed by atoms with Crippen LogP contribution in [0.3, 0.4) is 0 Å². The SMILES string of the molecule is CCNC(=O)CN(C)Cc1cc(C=O)ccc1OC. The van der Waals surface area contributed by atoms with Crippen LogP contribution < -0.4 is 10.1 Å². The van der Waals surface area contributed by atoms with Gasteiger partial charge in [0.2, 0.25) is 5.91 Å². The second-order valence-corrected chi connectivity index (χ2v) is 4.31. The quantitative estimate of drug-likeness (QED) is 0.749. The van der Waals surface area contributed by atoms with Crippen LogP contribution in [-0.4, -0.2) is 44.3 Å². The van der Waals surface area contributed by atoms with Crippen molar-refractivity contribution in [3.05, 3.63) is 29.3 Å². The Morgan fingerprint density at radius 3 is 2.79 bits per heavy atom. The highest BCUT2D eigenvalue weighted by atomic mass is 16.5. The van der Waals surface area contributed by atoms with Gasteiger partial charge in [0, 0.05) is 24.2 Å². The normalized spacial score (nSPS) is 10.3. The van der Waals surface area contributed by atoms with Gasteiger partial charge < -0.3 is 10.1 Å². The number of hydrogen-bond donors (Lipinski definition) is 1. The molecular formula is C14H20N2O3. The molecule has 5 nitrogen and oxygen atoms in total. The first kappa shape index (κ1) is 15.2. The lowest BCUT2D eigenvalue weighted by Crippen LogP contribution is -2.34. The summed E-state index contributed by atoms with van der Waals surface area (Å²) in [5, 5.41) is 2.75. The second kappa shape index (κ2) is 7.53. The van der Waals surface area contributed by atoms with Gasteiger partial charge in [0.15, 0.2) is 0 Å². The number of carbonyl (C=O) groups is 2. The summed E-state index contributed by atoms with van der Waals surface area (Å²) in [6.07, 6.45) is 0.798. The summed E-state index contributed by atoms with van der Waals surface area (Å²) in [4.78, 5) is 24.1. The van der Waals surface area contributed by atoms with Gasteiger partial charge in [0.05, 0.1) is 13.7 Å². The number of methoxy groups -OCH3 is 1. The minimum atomic E-state index is -0.0180. The Kier molecular flexibility index (Phi) is 6.02. The number of nitrogens with one attached hydrogen (secondary N) is 1. The van der Waals surface area contributed by atoms with E-state index in [4.69, 9.17) is 4.74 Å². The summed E-state index contributed by atoms with van der Waals surface area (Å²) in [5.41, 5.74) is 1.49. The number of aldehydes is 1. The molecule has 0 aliphatic carbocycles. The molecule has 0 heterocycles. The van der Waals surface area contributed by atoms with Crippen LogP contribution >= 0.6 is 0 Å². The smallest absolute Gasteiger partial charge is 0.234 e. The average molecular weight is 264 g/mol. The number of benzene rings is 1. The van der Waals surface area contributed by atoms with Crippen LogP contribution in [0.4, 0.5) is 0 Å². The number of nitrogens with zero attached hydrogens (tertiary/aromatic N) is 1. The molecule has 5 heteroatoms. The van der Waals surface area contributed by atoms with Gasteiger partial charge in [-0.3, -0.25) is 14.5 Å². The molecule has 1 N–H and O–H groups in total. The Bertz CT molecular complexity index is 446. The van der Waals surface area contributed by atoms with Crippen molar-refractivity contribution >= 4 is 12.2 Å². The van der Waals surface area contributed by atoms with E-state index in [1.165, 1.54) is 0 Å². The Balaban J connectivity index is 2.74. The molecule has 0 spiro atoms. The molecule has 1 rings (SSSR count). The molecule has 0 aliphatic rings. The number of hydrogen-bond acceptors (Lipinski definition) is 4. The lowest BCUT2D eigenvalue weighted by Gasteiger charge is -2.18. The van der Waals surface area contributed by atoms with Crippen molar-refractivity contribution in [2.45, 2.75) is 13.5 Å². The zero-order chi connectivity index (χ0) is 14.3. The van der Waals surface area contributed by atoms with Gasteiger partial charge >= 0.3 is 0 Å². The maximum atomic E-state index is 11.5. The average Bonchev–Trinajstić information content (AvgIpc) is 2.38. The van der Waals surface area contributed by atoms with E-state index in [2.05, 4.69) is 5.32 Å². The highest BCUT2D eigenvalue weighted by Gasteiger charge is 2.10. The number of ether oxygens (including phenoxy) is 1. The van der Waals surface area contributed by atoms with Crippen LogP contribution in [0.2, 0.25) is 0 Å². The first-order valence-electron chi connectivity index (χ1n) is 6.18. The summed E-state index contributed by atoms with van der Waals surface area (Å²) in [5.74, 6) is 0.698. The molecule has 104 valence electrons. The molecule has 0 saturated heterocycles. The largest absolute Gasteiger partial charge is 0.496 e. The lowest BCUT2D eigenvalue weighted by molar-refractivity contribution is -0.121. The zero-order valence-corrected chi connectivity index (χ0v) is 11.6. The fraction of sp³-hybridized carbons (Fsp3) is 0.429. The Morgan fingerprint density at radius 1 is 1.47 bits per heavy atom. The predicted molar refractivity (Wildman–Crippen MR) is 73.4 cm³/mol. The van der Waals surface area contributed by atoms with E-state index in [9.17, 15) is 9.59 Å². The predicted octanol–water partition coefficient (Wildman–Crippen LogP) is 1.08. The third kappa shape index (κ3) is 4.71. The van der Waals surface area contributed by atoms with Crippen molar-refractivity contribution in [3.63, 3.8) is 0 Å². The maximum absolute atomic E-state index is 11.5. The molecule has 1 aromatic rings. The van der Waals surface area contributed by atoms with Crippen molar-refractivity contribution in [2.75, 3.05) is 27.2 Å². The van der Waals surface area contributed by atoms with Crippen LogP contribution in [0, 0.1) is 0 Å². The molecule has 0 fully saturated rings. The topological polar surface area (TPSA) is 58.6 Å². The van der Waals surface area contributed by atoms with E-state index in [1.807, 2.05) is 18.9 Å². The van der Waals surface area contributed by atoms with E-state index in [0.29, 0.717) is 30.9 Å². The van der Waals surface area contributed by atoms with Crippen molar-refractivity contribution < 1.29 is 14.3 Å². The summed E-state index contributed by atoms with van der Waals surface area (Å²) >= 11 is 0. The van der Waals surface area contributed by atoms with Crippen molar-refractivity contribution in [2.24, 2.45) is 0 Å². The van der Waals surface area contributed by atoms with Crippen LogP contribution in [0.5, 0.6) is 5.75 Å². The first-order chi connectivity index (χ1) is 9.10. The highest BCUT2D eigenvalue weighted by molar-refractivity contribution is 5.78. The van der Waals surface area contributed by atoms with Gasteiger partial charge in [-0.05, 0) is 32.2 Å². The van der Waals surface area contributed by atoms with E-state index in [-0.39, 0.29) is 5.91 Å².